The van der Waals surface area contributed by atoms with Gasteiger partial charge in [-0.3, -0.25) is 0 Å². The molecule has 260 valence electrons. The van der Waals surface area contributed by atoms with E-state index in [1.165, 1.54) is 199 Å². The van der Waals surface area contributed by atoms with Crippen LogP contribution in [0, 0.1) is 5.92 Å². The van der Waals surface area contributed by atoms with Crippen molar-refractivity contribution < 1.29 is 0 Å². The van der Waals surface area contributed by atoms with Crippen LogP contribution in [0.5, 0.6) is 0 Å². The molecule has 0 aliphatic carbocycles. The summed E-state index contributed by atoms with van der Waals surface area (Å²) in [6.45, 7) is 19.5. The smallest absolute Gasteiger partial charge is 0.0174 e. The summed E-state index contributed by atoms with van der Waals surface area (Å²) >= 11 is 0. The zero-order chi connectivity index (χ0) is 32.2. The van der Waals surface area contributed by atoms with Crippen molar-refractivity contribution >= 4 is 0 Å². The van der Waals surface area contributed by atoms with Gasteiger partial charge in [0.15, 0.2) is 0 Å². The van der Waals surface area contributed by atoms with Crippen molar-refractivity contribution in [1.82, 2.24) is 9.80 Å². The first-order valence-corrected chi connectivity index (χ1v) is 20.0. The van der Waals surface area contributed by atoms with Gasteiger partial charge in [-0.05, 0) is 26.9 Å². The molecular formula is C41H86N2. The van der Waals surface area contributed by atoms with Crippen molar-refractivity contribution in [2.24, 2.45) is 5.92 Å². The Hall–Kier alpha value is -0.500. The quantitative estimate of drug-likeness (QED) is 0.0686. The van der Waals surface area contributed by atoms with Gasteiger partial charge < -0.3 is 9.80 Å². The molecule has 1 unspecified atom stereocenters. The van der Waals surface area contributed by atoms with E-state index in [0.29, 0.717) is 5.92 Å². The molecule has 0 rings (SSSR count). The maximum Gasteiger partial charge on any atom is 0.0174 e. The van der Waals surface area contributed by atoms with Crippen LogP contribution >= 0.6 is 0 Å². The predicted octanol–water partition coefficient (Wildman–Crippen LogP) is 14.0. The van der Waals surface area contributed by atoms with E-state index in [2.05, 4.69) is 65.1 Å². The topological polar surface area (TPSA) is 6.48 Å². The normalized spacial score (nSPS) is 11.9. The standard InChI is InChI=1S/C33H68N2.C8H18/c1-7-9-11-13-15-17-18-19-20-21-22-24-26-28-30-35(33(4)32(3)31-34(5)6)29-27-25-23-16-14-12-10-8-2;1-3-5-7-8-6-4-2/h32H,4,7-31H2,1-3,5-6H3;3-8H2,1-2H3. The van der Waals surface area contributed by atoms with Crippen LogP contribution in [0.1, 0.15) is 214 Å². The first-order chi connectivity index (χ1) is 20.9. The molecule has 0 aromatic rings. The molecule has 0 bridgehead atoms. The predicted molar refractivity (Wildman–Crippen MR) is 200 cm³/mol. The fourth-order valence-corrected chi connectivity index (χ4v) is 6.15. The molecule has 2 nitrogen and oxygen atoms in total. The summed E-state index contributed by atoms with van der Waals surface area (Å²) in [7, 11) is 4.36. The van der Waals surface area contributed by atoms with Crippen molar-refractivity contribution in [2.75, 3.05) is 33.7 Å². The van der Waals surface area contributed by atoms with E-state index in [4.69, 9.17) is 0 Å². The highest BCUT2D eigenvalue weighted by molar-refractivity contribution is 4.99. The average molecular weight is 607 g/mol. The minimum Gasteiger partial charge on any atom is -0.375 e. The summed E-state index contributed by atoms with van der Waals surface area (Å²) in [5, 5.41) is 0. The zero-order valence-corrected chi connectivity index (χ0v) is 31.6. The van der Waals surface area contributed by atoms with Gasteiger partial charge in [0.25, 0.3) is 0 Å². The van der Waals surface area contributed by atoms with E-state index < -0.39 is 0 Å². The molecule has 0 spiro atoms. The van der Waals surface area contributed by atoms with Crippen LogP contribution in [0.2, 0.25) is 0 Å². The number of unbranched alkanes of at least 4 members (excludes halogenated alkanes) is 25. The van der Waals surface area contributed by atoms with E-state index in [1.54, 1.807) is 0 Å². The van der Waals surface area contributed by atoms with Gasteiger partial charge >= 0.3 is 0 Å². The van der Waals surface area contributed by atoms with Gasteiger partial charge in [-0.1, -0.05) is 208 Å². The van der Waals surface area contributed by atoms with Gasteiger partial charge in [0, 0.05) is 31.2 Å². The van der Waals surface area contributed by atoms with E-state index in [1.807, 2.05) is 0 Å². The van der Waals surface area contributed by atoms with Crippen LogP contribution in [0.4, 0.5) is 0 Å². The third-order valence-electron chi connectivity index (χ3n) is 9.13. The molecule has 0 aromatic heterocycles. The summed E-state index contributed by atoms with van der Waals surface area (Å²) in [5.74, 6) is 0.547. The molecular weight excluding hydrogens is 520 g/mol. The molecule has 0 aliphatic heterocycles. The molecule has 0 aromatic carbocycles. The van der Waals surface area contributed by atoms with Crippen LogP contribution in [0.15, 0.2) is 12.3 Å². The molecule has 1 atom stereocenters. The van der Waals surface area contributed by atoms with Gasteiger partial charge in [0.1, 0.15) is 0 Å². The lowest BCUT2D eigenvalue weighted by molar-refractivity contribution is 0.264. The minimum atomic E-state index is 0.547. The number of hydrogen-bond donors (Lipinski definition) is 0. The van der Waals surface area contributed by atoms with Crippen molar-refractivity contribution in [3.05, 3.63) is 12.3 Å². The van der Waals surface area contributed by atoms with E-state index in [-0.39, 0.29) is 0 Å². The Bertz CT molecular complexity index is 508. The van der Waals surface area contributed by atoms with Gasteiger partial charge in [-0.25, -0.2) is 0 Å². The summed E-state index contributed by atoms with van der Waals surface area (Å²) in [6, 6.07) is 0. The third-order valence-corrected chi connectivity index (χ3v) is 9.13. The fraction of sp³-hybridized carbons (Fsp3) is 0.951. The highest BCUT2D eigenvalue weighted by Crippen LogP contribution is 2.19. The van der Waals surface area contributed by atoms with Crippen LogP contribution < -0.4 is 0 Å². The third kappa shape index (κ3) is 35.8. The Balaban J connectivity index is 0. The Morgan fingerprint density at radius 2 is 0.651 bits per heavy atom. The lowest BCUT2D eigenvalue weighted by Gasteiger charge is -2.32. The molecule has 0 saturated carbocycles. The van der Waals surface area contributed by atoms with Gasteiger partial charge in [-0.2, -0.15) is 0 Å². The maximum atomic E-state index is 4.54. The summed E-state index contributed by atoms with van der Waals surface area (Å²) in [4.78, 5) is 4.95. The Morgan fingerprint density at radius 1 is 0.419 bits per heavy atom. The maximum absolute atomic E-state index is 4.54. The van der Waals surface area contributed by atoms with Gasteiger partial charge in [0.05, 0.1) is 0 Å². The van der Waals surface area contributed by atoms with Crippen LogP contribution in [0.25, 0.3) is 0 Å². The van der Waals surface area contributed by atoms with Crippen molar-refractivity contribution in [3.63, 3.8) is 0 Å². The lowest BCUT2D eigenvalue weighted by atomic mass is 10.0. The largest absolute Gasteiger partial charge is 0.375 e. The molecule has 0 radical (unpaired) electrons. The zero-order valence-electron chi connectivity index (χ0n) is 31.6. The van der Waals surface area contributed by atoms with E-state index in [9.17, 15) is 0 Å². The molecule has 0 saturated heterocycles. The molecule has 43 heavy (non-hydrogen) atoms. The molecule has 0 fully saturated rings. The molecule has 2 heteroatoms. The Morgan fingerprint density at radius 3 is 0.884 bits per heavy atom. The molecule has 0 aliphatic rings. The van der Waals surface area contributed by atoms with Crippen molar-refractivity contribution in [1.29, 1.82) is 0 Å². The highest BCUT2D eigenvalue weighted by atomic mass is 15.1. The Labute approximate surface area is 275 Å². The summed E-state index contributed by atoms with van der Waals surface area (Å²) in [5.41, 5.74) is 1.37. The second kappa shape index (κ2) is 37.7. The monoisotopic (exact) mass is 607 g/mol. The molecule has 0 N–H and O–H groups in total. The molecule has 0 heterocycles. The highest BCUT2D eigenvalue weighted by Gasteiger charge is 2.15. The summed E-state index contributed by atoms with van der Waals surface area (Å²) < 4.78 is 0. The fourth-order valence-electron chi connectivity index (χ4n) is 6.15. The Kier molecular flexibility index (Phi) is 39.1. The second-order valence-electron chi connectivity index (χ2n) is 14.1. The average Bonchev–Trinajstić information content (AvgIpc) is 2.99. The number of nitrogens with zero attached hydrogens (tertiary/aromatic N) is 2. The number of hydrogen-bond acceptors (Lipinski definition) is 2. The summed E-state index contributed by atoms with van der Waals surface area (Å²) in [6.07, 6.45) is 39.7. The first-order valence-electron chi connectivity index (χ1n) is 20.0. The first kappa shape index (κ1) is 44.6. The van der Waals surface area contributed by atoms with Crippen LogP contribution in [0.3, 0.4) is 0 Å². The number of rotatable bonds is 33. The SMILES string of the molecule is C=C(C(C)CN(C)C)N(CCCCCCCCCC)CCCCCCCCCCCCCCCC.CCCCCCCC. The minimum absolute atomic E-state index is 0.547. The van der Waals surface area contributed by atoms with Gasteiger partial charge in [-0.15, -0.1) is 0 Å². The van der Waals surface area contributed by atoms with Crippen LogP contribution in [-0.2, 0) is 0 Å². The van der Waals surface area contributed by atoms with Crippen molar-refractivity contribution in [3.8, 4) is 0 Å². The van der Waals surface area contributed by atoms with E-state index >= 15 is 0 Å². The van der Waals surface area contributed by atoms with Crippen LogP contribution in [-0.4, -0.2) is 43.5 Å². The van der Waals surface area contributed by atoms with Crippen molar-refractivity contribution in [2.45, 2.75) is 214 Å². The molecule has 0 amide bonds. The second-order valence-corrected chi connectivity index (χ2v) is 14.1. The van der Waals surface area contributed by atoms with E-state index in [0.717, 1.165) is 6.54 Å². The van der Waals surface area contributed by atoms with Gasteiger partial charge in [0.2, 0.25) is 0 Å². The lowest BCUT2D eigenvalue weighted by Crippen LogP contribution is -2.32.